The summed E-state index contributed by atoms with van der Waals surface area (Å²) in [6.07, 6.45) is 0. The zero-order valence-corrected chi connectivity index (χ0v) is 17.1. The smallest absolute Gasteiger partial charge is 0.335 e. The summed E-state index contributed by atoms with van der Waals surface area (Å²) in [5.41, 5.74) is 0.895. The summed E-state index contributed by atoms with van der Waals surface area (Å²) in [6.45, 7) is -0.476. The largest absolute Gasteiger partial charge is 0.482 e. The number of para-hydroxylation sites is 1. The van der Waals surface area contributed by atoms with Gasteiger partial charge < -0.3 is 15.2 Å². The molecule has 0 spiro atoms. The second-order valence-corrected chi connectivity index (χ2v) is 7.83. The van der Waals surface area contributed by atoms with Gasteiger partial charge in [-0.25, -0.2) is 4.79 Å². The lowest BCUT2D eigenvalue weighted by molar-refractivity contribution is -0.123. The van der Waals surface area contributed by atoms with E-state index < -0.39 is 17.8 Å². The number of carbonyl (C=O) groups excluding carboxylic acids is 2. The second kappa shape index (κ2) is 8.93. The first kappa shape index (κ1) is 20.5. The van der Waals surface area contributed by atoms with Crippen LogP contribution in [0, 0.1) is 0 Å². The summed E-state index contributed by atoms with van der Waals surface area (Å²) in [5.74, 6) is -1.59. The minimum Gasteiger partial charge on any atom is -0.482 e. The van der Waals surface area contributed by atoms with E-state index in [1.165, 1.54) is 34.9 Å². The maximum absolute atomic E-state index is 12.8. The van der Waals surface area contributed by atoms with Gasteiger partial charge in [0.1, 0.15) is 12.3 Å². The summed E-state index contributed by atoms with van der Waals surface area (Å²) in [5, 5.41) is 12.1. The molecular weight excluding hydrogens is 416 g/mol. The van der Waals surface area contributed by atoms with Crippen LogP contribution in [0.2, 0.25) is 0 Å². The van der Waals surface area contributed by atoms with Crippen molar-refractivity contribution in [3.8, 4) is 5.75 Å². The highest BCUT2D eigenvalue weighted by Crippen LogP contribution is 2.34. The molecule has 0 saturated heterocycles. The van der Waals surface area contributed by atoms with Gasteiger partial charge in [-0.15, -0.1) is 0 Å². The highest BCUT2D eigenvalue weighted by atomic mass is 32.2. The number of benzene rings is 3. The Morgan fingerprint density at radius 1 is 1.03 bits per heavy atom. The third-order valence-electron chi connectivity index (χ3n) is 4.58. The standard InChI is InChI=1S/C23H18N2O5S/c26-21(24-17-8-4-5-9-20(17)31-16-6-2-1-3-7-16)13-25-18-12-15(23(28)29)10-11-19(18)30-14-22(25)27/h1-12H,13-14H2,(H,24,26)(H,28,29). The van der Waals surface area contributed by atoms with Crippen molar-refractivity contribution in [2.45, 2.75) is 9.79 Å². The molecule has 31 heavy (non-hydrogen) atoms. The number of fused-ring (bicyclic) bond motifs is 1. The van der Waals surface area contributed by atoms with Crippen LogP contribution in [0.5, 0.6) is 5.75 Å². The molecule has 3 aromatic rings. The number of nitrogens with zero attached hydrogens (tertiary/aromatic N) is 1. The van der Waals surface area contributed by atoms with Gasteiger partial charge in [0.25, 0.3) is 5.91 Å². The van der Waals surface area contributed by atoms with E-state index in [2.05, 4.69) is 5.32 Å². The van der Waals surface area contributed by atoms with Crippen molar-refractivity contribution in [3.63, 3.8) is 0 Å². The van der Waals surface area contributed by atoms with Crippen LogP contribution in [-0.4, -0.2) is 36.0 Å². The number of carboxylic acid groups (broad SMARTS) is 1. The summed E-state index contributed by atoms with van der Waals surface area (Å²) in [7, 11) is 0. The Kier molecular flexibility index (Phi) is 5.90. The van der Waals surface area contributed by atoms with Crippen LogP contribution in [0.3, 0.4) is 0 Å². The highest BCUT2D eigenvalue weighted by Gasteiger charge is 2.28. The summed E-state index contributed by atoms with van der Waals surface area (Å²) in [4.78, 5) is 39.6. The highest BCUT2D eigenvalue weighted by molar-refractivity contribution is 7.99. The van der Waals surface area contributed by atoms with Gasteiger partial charge in [-0.1, -0.05) is 42.1 Å². The molecular formula is C23H18N2O5S. The van der Waals surface area contributed by atoms with Gasteiger partial charge in [0.15, 0.2) is 6.61 Å². The Balaban J connectivity index is 1.53. The van der Waals surface area contributed by atoms with Crippen molar-refractivity contribution < 1.29 is 24.2 Å². The van der Waals surface area contributed by atoms with E-state index in [-0.39, 0.29) is 24.4 Å². The van der Waals surface area contributed by atoms with Crippen LogP contribution >= 0.6 is 11.8 Å². The quantitative estimate of drug-likeness (QED) is 0.611. The molecule has 1 aliphatic heterocycles. The first-order valence-electron chi connectivity index (χ1n) is 9.43. The Morgan fingerprint density at radius 3 is 2.55 bits per heavy atom. The normalized spacial score (nSPS) is 12.6. The van der Waals surface area contributed by atoms with Crippen molar-refractivity contribution in [1.29, 1.82) is 0 Å². The molecule has 0 bridgehead atoms. The van der Waals surface area contributed by atoms with Gasteiger partial charge in [-0.3, -0.25) is 14.5 Å². The number of hydrogen-bond acceptors (Lipinski definition) is 5. The molecule has 3 aromatic carbocycles. The minimum absolute atomic E-state index is 0.00654. The Labute approximate surface area is 182 Å². The molecule has 0 unspecified atom stereocenters. The molecule has 7 nitrogen and oxygen atoms in total. The number of amides is 2. The third kappa shape index (κ3) is 4.70. The fourth-order valence-electron chi connectivity index (χ4n) is 3.12. The topological polar surface area (TPSA) is 95.9 Å². The van der Waals surface area contributed by atoms with Gasteiger partial charge in [-0.2, -0.15) is 0 Å². The molecule has 0 radical (unpaired) electrons. The molecule has 4 rings (SSSR count). The average Bonchev–Trinajstić information content (AvgIpc) is 2.77. The van der Waals surface area contributed by atoms with Crippen molar-refractivity contribution in [2.24, 2.45) is 0 Å². The minimum atomic E-state index is -1.13. The van der Waals surface area contributed by atoms with Crippen LogP contribution in [0.4, 0.5) is 11.4 Å². The molecule has 0 fully saturated rings. The fraction of sp³-hybridized carbons (Fsp3) is 0.0870. The van der Waals surface area contributed by atoms with Crippen LogP contribution in [0.1, 0.15) is 10.4 Å². The van der Waals surface area contributed by atoms with E-state index in [4.69, 9.17) is 4.74 Å². The molecule has 0 saturated carbocycles. The summed E-state index contributed by atoms with van der Waals surface area (Å²) < 4.78 is 5.37. The maximum Gasteiger partial charge on any atom is 0.335 e. The SMILES string of the molecule is O=C(CN1C(=O)COc2ccc(C(=O)O)cc21)Nc1ccccc1Sc1ccccc1. The lowest BCUT2D eigenvalue weighted by Crippen LogP contribution is -2.43. The van der Waals surface area contributed by atoms with Crippen molar-refractivity contribution >= 4 is 40.9 Å². The number of carbonyl (C=O) groups is 3. The van der Waals surface area contributed by atoms with E-state index in [1.54, 1.807) is 6.07 Å². The molecule has 0 atom stereocenters. The molecule has 1 heterocycles. The van der Waals surface area contributed by atoms with Crippen molar-refractivity contribution in [3.05, 3.63) is 78.4 Å². The van der Waals surface area contributed by atoms with Crippen molar-refractivity contribution in [2.75, 3.05) is 23.4 Å². The Morgan fingerprint density at radius 2 is 1.77 bits per heavy atom. The zero-order valence-electron chi connectivity index (χ0n) is 16.3. The monoisotopic (exact) mass is 434 g/mol. The number of rotatable bonds is 6. The van der Waals surface area contributed by atoms with E-state index in [9.17, 15) is 19.5 Å². The van der Waals surface area contributed by atoms with E-state index in [0.29, 0.717) is 11.4 Å². The third-order valence-corrected chi connectivity index (χ3v) is 5.67. The van der Waals surface area contributed by atoms with Gasteiger partial charge in [0.05, 0.1) is 16.9 Å². The van der Waals surface area contributed by atoms with Gasteiger partial charge >= 0.3 is 5.97 Å². The Bertz CT molecular complexity index is 1150. The molecule has 2 N–H and O–H groups in total. The predicted octanol–water partition coefficient (Wildman–Crippen LogP) is 3.90. The summed E-state index contributed by atoms with van der Waals surface area (Å²) in [6, 6.07) is 21.4. The van der Waals surface area contributed by atoms with Crippen LogP contribution in [0.25, 0.3) is 0 Å². The van der Waals surface area contributed by atoms with E-state index >= 15 is 0 Å². The van der Waals surface area contributed by atoms with Crippen LogP contribution in [-0.2, 0) is 9.59 Å². The molecule has 1 aliphatic rings. The van der Waals surface area contributed by atoms with Gasteiger partial charge in [0, 0.05) is 9.79 Å². The number of carboxylic acids is 1. The fourth-order valence-corrected chi connectivity index (χ4v) is 4.04. The maximum atomic E-state index is 12.8. The first-order chi connectivity index (χ1) is 15.0. The van der Waals surface area contributed by atoms with Gasteiger partial charge in [-0.05, 0) is 42.5 Å². The first-order valence-corrected chi connectivity index (χ1v) is 10.3. The number of aromatic carboxylic acids is 1. The molecule has 8 heteroatoms. The van der Waals surface area contributed by atoms with Crippen LogP contribution < -0.4 is 15.0 Å². The average molecular weight is 434 g/mol. The molecule has 0 aliphatic carbocycles. The second-order valence-electron chi connectivity index (χ2n) is 6.72. The predicted molar refractivity (Wildman–Crippen MR) is 117 cm³/mol. The molecule has 0 aromatic heterocycles. The van der Waals surface area contributed by atoms with E-state index in [1.807, 2.05) is 48.5 Å². The number of nitrogens with one attached hydrogen (secondary N) is 1. The van der Waals surface area contributed by atoms with E-state index in [0.717, 1.165) is 9.79 Å². The molecule has 2 amide bonds. The Hall–Kier alpha value is -3.78. The van der Waals surface area contributed by atoms with Crippen molar-refractivity contribution in [1.82, 2.24) is 0 Å². The summed E-state index contributed by atoms with van der Waals surface area (Å²) >= 11 is 1.52. The zero-order chi connectivity index (χ0) is 21.8. The number of anilines is 2. The van der Waals surface area contributed by atoms with Gasteiger partial charge in [0.2, 0.25) is 5.91 Å². The lowest BCUT2D eigenvalue weighted by Gasteiger charge is -2.29. The van der Waals surface area contributed by atoms with Crippen LogP contribution in [0.15, 0.2) is 82.6 Å². The lowest BCUT2D eigenvalue weighted by atomic mass is 10.1. The number of ether oxygens (including phenoxy) is 1. The number of hydrogen-bond donors (Lipinski definition) is 2. The molecule has 156 valence electrons.